The van der Waals surface area contributed by atoms with E-state index in [0.717, 1.165) is 32.4 Å². The summed E-state index contributed by atoms with van der Waals surface area (Å²) in [5.41, 5.74) is 0. The first-order valence-electron chi connectivity index (χ1n) is 7.01. The minimum atomic E-state index is 0.107. The second kappa shape index (κ2) is 7.07. The number of morpholine rings is 1. The lowest BCUT2D eigenvalue weighted by Crippen LogP contribution is -2.47. The molecule has 0 aromatic rings. The maximum absolute atomic E-state index is 12.0. The van der Waals surface area contributed by atoms with Gasteiger partial charge in [-0.3, -0.25) is 4.79 Å². The molecule has 2 fully saturated rings. The number of hydrogen-bond donors (Lipinski definition) is 1. The van der Waals surface area contributed by atoms with Gasteiger partial charge in [-0.2, -0.15) is 0 Å². The van der Waals surface area contributed by atoms with Gasteiger partial charge in [0.1, 0.15) is 6.61 Å². The highest BCUT2D eigenvalue weighted by Crippen LogP contribution is 2.10. The van der Waals surface area contributed by atoms with Crippen LogP contribution in [0, 0.1) is 0 Å². The van der Waals surface area contributed by atoms with Crippen molar-refractivity contribution >= 4 is 5.91 Å². The van der Waals surface area contributed by atoms with E-state index in [2.05, 4.69) is 12.2 Å². The fourth-order valence-corrected chi connectivity index (χ4v) is 2.44. The Morgan fingerprint density at radius 2 is 2.22 bits per heavy atom. The van der Waals surface area contributed by atoms with Gasteiger partial charge in [0.15, 0.2) is 0 Å². The summed E-state index contributed by atoms with van der Waals surface area (Å²) in [5, 5.41) is 3.29. The van der Waals surface area contributed by atoms with Crippen molar-refractivity contribution in [2.45, 2.75) is 38.4 Å². The minimum Gasteiger partial charge on any atom is -0.375 e. The number of amides is 1. The van der Waals surface area contributed by atoms with Crippen LogP contribution in [0.2, 0.25) is 0 Å². The third-order valence-electron chi connectivity index (χ3n) is 3.68. The molecule has 0 aromatic heterocycles. The summed E-state index contributed by atoms with van der Waals surface area (Å²) in [6.45, 7) is 6.36. The van der Waals surface area contributed by atoms with Crippen molar-refractivity contribution < 1.29 is 14.3 Å². The molecule has 0 radical (unpaired) electrons. The molecule has 18 heavy (non-hydrogen) atoms. The fraction of sp³-hybridized carbons (Fsp3) is 0.923. The van der Waals surface area contributed by atoms with E-state index in [4.69, 9.17) is 9.47 Å². The normalized spacial score (nSPS) is 26.3. The SMILES string of the molecule is CCC1CN(C(=O)COC2CCNCC2)CCO1. The summed E-state index contributed by atoms with van der Waals surface area (Å²) in [6, 6.07) is 0. The van der Waals surface area contributed by atoms with Gasteiger partial charge in [0, 0.05) is 13.1 Å². The van der Waals surface area contributed by atoms with Gasteiger partial charge in [0.05, 0.1) is 18.8 Å². The van der Waals surface area contributed by atoms with Gasteiger partial charge in [-0.25, -0.2) is 0 Å². The first kappa shape index (κ1) is 13.8. The zero-order chi connectivity index (χ0) is 12.8. The lowest BCUT2D eigenvalue weighted by atomic mass is 10.1. The van der Waals surface area contributed by atoms with Gasteiger partial charge in [-0.15, -0.1) is 0 Å². The van der Waals surface area contributed by atoms with Crippen molar-refractivity contribution in [2.24, 2.45) is 0 Å². The number of nitrogens with one attached hydrogen (secondary N) is 1. The first-order chi connectivity index (χ1) is 8.79. The molecular formula is C13H24N2O3. The molecule has 2 aliphatic heterocycles. The van der Waals surface area contributed by atoms with Gasteiger partial charge in [-0.05, 0) is 32.4 Å². The number of hydrogen-bond acceptors (Lipinski definition) is 4. The van der Waals surface area contributed by atoms with Crippen molar-refractivity contribution in [3.63, 3.8) is 0 Å². The summed E-state index contributed by atoms with van der Waals surface area (Å²) in [4.78, 5) is 13.9. The predicted molar refractivity (Wildman–Crippen MR) is 68.5 cm³/mol. The Balaban J connectivity index is 1.70. The topological polar surface area (TPSA) is 50.8 Å². The van der Waals surface area contributed by atoms with Crippen LogP contribution in [0.4, 0.5) is 0 Å². The van der Waals surface area contributed by atoms with E-state index in [9.17, 15) is 4.79 Å². The lowest BCUT2D eigenvalue weighted by Gasteiger charge is -2.33. The Kier molecular flexibility index (Phi) is 5.41. The number of carbonyl (C=O) groups excluding carboxylic acids is 1. The van der Waals surface area contributed by atoms with E-state index in [-0.39, 0.29) is 24.7 Å². The molecule has 2 rings (SSSR count). The van der Waals surface area contributed by atoms with Crippen LogP contribution < -0.4 is 5.32 Å². The number of piperidine rings is 1. The van der Waals surface area contributed by atoms with E-state index in [1.165, 1.54) is 0 Å². The zero-order valence-corrected chi connectivity index (χ0v) is 11.2. The van der Waals surface area contributed by atoms with Crippen LogP contribution in [0.15, 0.2) is 0 Å². The molecule has 0 bridgehead atoms. The van der Waals surface area contributed by atoms with E-state index < -0.39 is 0 Å². The molecular weight excluding hydrogens is 232 g/mol. The zero-order valence-electron chi connectivity index (χ0n) is 11.2. The molecule has 1 amide bonds. The molecule has 1 atom stereocenters. The van der Waals surface area contributed by atoms with E-state index in [1.807, 2.05) is 4.90 Å². The molecule has 2 heterocycles. The lowest BCUT2D eigenvalue weighted by molar-refractivity contribution is -0.146. The van der Waals surface area contributed by atoms with Gasteiger partial charge in [-0.1, -0.05) is 6.92 Å². The van der Waals surface area contributed by atoms with Crippen LogP contribution in [0.1, 0.15) is 26.2 Å². The number of nitrogens with zero attached hydrogens (tertiary/aromatic N) is 1. The molecule has 1 N–H and O–H groups in total. The van der Waals surface area contributed by atoms with Gasteiger partial charge >= 0.3 is 0 Å². The Hall–Kier alpha value is -0.650. The maximum atomic E-state index is 12.0. The van der Waals surface area contributed by atoms with E-state index in [1.54, 1.807) is 0 Å². The smallest absolute Gasteiger partial charge is 0.248 e. The second-order valence-corrected chi connectivity index (χ2v) is 5.00. The van der Waals surface area contributed by atoms with Gasteiger partial charge < -0.3 is 19.7 Å². The van der Waals surface area contributed by atoms with Crippen molar-refractivity contribution in [1.29, 1.82) is 0 Å². The van der Waals surface area contributed by atoms with Gasteiger partial charge in [0.25, 0.3) is 0 Å². The molecule has 0 aliphatic carbocycles. The van der Waals surface area contributed by atoms with Crippen LogP contribution in [0.25, 0.3) is 0 Å². The Morgan fingerprint density at radius 3 is 2.94 bits per heavy atom. The molecule has 2 aliphatic rings. The molecule has 2 saturated heterocycles. The average molecular weight is 256 g/mol. The largest absolute Gasteiger partial charge is 0.375 e. The predicted octanol–water partition coefficient (Wildman–Crippen LogP) is 0.392. The summed E-state index contributed by atoms with van der Waals surface area (Å²) in [6.07, 6.45) is 3.42. The number of rotatable bonds is 4. The number of ether oxygens (including phenoxy) is 2. The summed E-state index contributed by atoms with van der Waals surface area (Å²) in [7, 11) is 0. The van der Waals surface area contributed by atoms with E-state index in [0.29, 0.717) is 19.7 Å². The van der Waals surface area contributed by atoms with Crippen molar-refractivity contribution in [3.05, 3.63) is 0 Å². The summed E-state index contributed by atoms with van der Waals surface area (Å²) >= 11 is 0. The molecule has 5 heteroatoms. The average Bonchev–Trinajstić information content (AvgIpc) is 2.46. The third-order valence-corrected chi connectivity index (χ3v) is 3.68. The minimum absolute atomic E-state index is 0.107. The third kappa shape index (κ3) is 3.93. The quantitative estimate of drug-likeness (QED) is 0.790. The van der Waals surface area contributed by atoms with Gasteiger partial charge in [0.2, 0.25) is 5.91 Å². The van der Waals surface area contributed by atoms with Crippen LogP contribution in [-0.4, -0.2) is 62.4 Å². The number of carbonyl (C=O) groups is 1. The Bertz CT molecular complexity index is 267. The maximum Gasteiger partial charge on any atom is 0.248 e. The molecule has 1 unspecified atom stereocenters. The molecule has 0 spiro atoms. The van der Waals surface area contributed by atoms with Crippen LogP contribution in [0.5, 0.6) is 0 Å². The Morgan fingerprint density at radius 1 is 1.44 bits per heavy atom. The van der Waals surface area contributed by atoms with Crippen LogP contribution in [0.3, 0.4) is 0 Å². The van der Waals surface area contributed by atoms with Crippen molar-refractivity contribution in [3.8, 4) is 0 Å². The van der Waals surface area contributed by atoms with Crippen molar-refractivity contribution in [2.75, 3.05) is 39.4 Å². The standard InChI is InChI=1S/C13H24N2O3/c1-2-11-9-15(7-8-17-11)13(16)10-18-12-3-5-14-6-4-12/h11-12,14H,2-10H2,1H3. The molecule has 104 valence electrons. The molecule has 0 aromatic carbocycles. The highest BCUT2D eigenvalue weighted by atomic mass is 16.5. The summed E-state index contributed by atoms with van der Waals surface area (Å²) in [5.74, 6) is 0.107. The first-order valence-corrected chi connectivity index (χ1v) is 7.01. The summed E-state index contributed by atoms with van der Waals surface area (Å²) < 4.78 is 11.3. The van der Waals surface area contributed by atoms with Crippen molar-refractivity contribution in [1.82, 2.24) is 10.2 Å². The molecule has 0 saturated carbocycles. The monoisotopic (exact) mass is 256 g/mol. The highest BCUT2D eigenvalue weighted by molar-refractivity contribution is 5.77. The van der Waals surface area contributed by atoms with Crippen LogP contribution in [-0.2, 0) is 14.3 Å². The highest BCUT2D eigenvalue weighted by Gasteiger charge is 2.24. The second-order valence-electron chi connectivity index (χ2n) is 5.00. The molecule has 5 nitrogen and oxygen atoms in total. The fourth-order valence-electron chi connectivity index (χ4n) is 2.44. The van der Waals surface area contributed by atoms with Crippen LogP contribution >= 0.6 is 0 Å². The van der Waals surface area contributed by atoms with E-state index >= 15 is 0 Å². The Labute approximate surface area is 109 Å².